The molecule has 0 aliphatic heterocycles. The van der Waals surface area contributed by atoms with Crippen LogP contribution >= 0.6 is 11.8 Å². The number of hydrogen-bond acceptors (Lipinski definition) is 5. The summed E-state index contributed by atoms with van der Waals surface area (Å²) in [5.74, 6) is 0.758. The molecule has 0 unspecified atom stereocenters. The molecule has 8 heteroatoms. The first-order valence-electron chi connectivity index (χ1n) is 13.0. The topological polar surface area (TPSA) is 67.9 Å². The quantitative estimate of drug-likeness (QED) is 0.0945. The maximum absolute atomic E-state index is 13.8. The van der Waals surface area contributed by atoms with Gasteiger partial charge in [-0.1, -0.05) is 54.6 Å². The number of halogens is 2. The molecule has 208 valence electrons. The van der Waals surface area contributed by atoms with E-state index in [0.29, 0.717) is 28.2 Å². The van der Waals surface area contributed by atoms with Gasteiger partial charge in [0.1, 0.15) is 22.5 Å². The maximum atomic E-state index is 13.8. The van der Waals surface area contributed by atoms with Gasteiger partial charge in [0.05, 0.1) is 12.7 Å². The Morgan fingerprint density at radius 2 is 1.81 bits per heavy atom. The van der Waals surface area contributed by atoms with E-state index in [1.54, 1.807) is 49.6 Å². The van der Waals surface area contributed by atoms with Crippen LogP contribution in [0.25, 0.3) is 22.9 Å². The molecule has 0 radical (unpaired) electrons. The summed E-state index contributed by atoms with van der Waals surface area (Å²) in [7, 11) is 1.55. The molecule has 0 saturated carbocycles. The molecule has 3 aromatic carbocycles. The zero-order chi connectivity index (χ0) is 29.5. The summed E-state index contributed by atoms with van der Waals surface area (Å²) in [5, 5.41) is 10.2. The van der Waals surface area contributed by atoms with Crippen LogP contribution in [0.3, 0.4) is 0 Å². The number of ether oxygens (including phenoxy) is 1. The molecule has 0 atom stereocenters. The van der Waals surface area contributed by atoms with Crippen LogP contribution in [0.1, 0.15) is 39.2 Å². The van der Waals surface area contributed by atoms with E-state index in [2.05, 4.69) is 11.1 Å². The predicted octanol–water partition coefficient (Wildman–Crippen LogP) is 8.55. The van der Waals surface area contributed by atoms with Crippen LogP contribution in [0.2, 0.25) is 0 Å². The highest BCUT2D eigenvalue weighted by molar-refractivity contribution is 7.98. The first kappa shape index (κ1) is 28.5. The number of methoxy groups -OCH3 is 1. The van der Waals surface area contributed by atoms with E-state index in [1.807, 2.05) is 65.5 Å². The second kappa shape index (κ2) is 13.1. The third-order valence-electron chi connectivity index (χ3n) is 6.56. The molecule has 0 spiro atoms. The lowest BCUT2D eigenvalue weighted by atomic mass is 10.0. The minimum atomic E-state index is -2.79. The highest BCUT2D eigenvalue weighted by atomic mass is 32.2. The number of ketones is 1. The van der Waals surface area contributed by atoms with Gasteiger partial charge < -0.3 is 9.30 Å². The number of aromatic nitrogens is 2. The van der Waals surface area contributed by atoms with E-state index in [4.69, 9.17) is 4.74 Å². The van der Waals surface area contributed by atoms with Gasteiger partial charge in [-0.2, -0.15) is 5.26 Å². The number of carbonyl (C=O) groups excluding carboxylic acids is 1. The van der Waals surface area contributed by atoms with E-state index in [-0.39, 0.29) is 16.4 Å². The zero-order valence-corrected chi connectivity index (χ0v) is 23.4. The Morgan fingerprint density at radius 3 is 2.52 bits per heavy atom. The minimum Gasteiger partial charge on any atom is -0.496 e. The van der Waals surface area contributed by atoms with Crippen molar-refractivity contribution in [2.45, 2.75) is 17.2 Å². The Bertz CT molecular complexity index is 1780. The Kier molecular flexibility index (Phi) is 8.90. The van der Waals surface area contributed by atoms with Gasteiger partial charge in [0, 0.05) is 40.5 Å². The fourth-order valence-corrected chi connectivity index (χ4v) is 5.45. The van der Waals surface area contributed by atoms with Crippen LogP contribution in [0.4, 0.5) is 8.78 Å². The number of nitriles is 1. The van der Waals surface area contributed by atoms with Gasteiger partial charge in [0.25, 0.3) is 6.43 Å². The Hall–Kier alpha value is -5.00. The number of nitrogens with zero attached hydrogens (tertiary/aromatic N) is 3. The van der Waals surface area contributed by atoms with Crippen LogP contribution in [0, 0.1) is 11.3 Å². The van der Waals surface area contributed by atoms with Gasteiger partial charge in [0.15, 0.2) is 5.78 Å². The Labute approximate surface area is 246 Å². The normalized spacial score (nSPS) is 11.1. The van der Waals surface area contributed by atoms with Gasteiger partial charge in [-0.05, 0) is 59.7 Å². The summed E-state index contributed by atoms with van der Waals surface area (Å²) in [4.78, 5) is 17.1. The predicted molar refractivity (Wildman–Crippen MR) is 161 cm³/mol. The van der Waals surface area contributed by atoms with Crippen molar-refractivity contribution in [3.63, 3.8) is 0 Å². The van der Waals surface area contributed by atoms with E-state index in [0.717, 1.165) is 16.8 Å². The number of alkyl halides is 2. The molecule has 0 aliphatic carbocycles. The molecule has 5 rings (SSSR count). The molecule has 0 fully saturated rings. The molecule has 2 heterocycles. The molecule has 0 amide bonds. The first-order valence-corrected chi connectivity index (χ1v) is 14.0. The van der Waals surface area contributed by atoms with Crippen LogP contribution in [-0.2, 0) is 5.75 Å². The summed E-state index contributed by atoms with van der Waals surface area (Å²) in [5.41, 5.74) is 3.89. The summed E-state index contributed by atoms with van der Waals surface area (Å²) in [6.07, 6.45) is 4.28. The van der Waals surface area contributed by atoms with Crippen molar-refractivity contribution < 1.29 is 18.3 Å². The van der Waals surface area contributed by atoms with Crippen molar-refractivity contribution in [1.29, 1.82) is 5.26 Å². The van der Waals surface area contributed by atoms with Crippen molar-refractivity contribution in [3.8, 4) is 28.6 Å². The first-order chi connectivity index (χ1) is 20.5. The van der Waals surface area contributed by atoms with Gasteiger partial charge in [-0.15, -0.1) is 11.8 Å². The van der Waals surface area contributed by atoms with E-state index >= 15 is 0 Å². The molecular formula is C34H25F2N3O2S. The molecule has 0 N–H and O–H groups in total. The summed E-state index contributed by atoms with van der Waals surface area (Å²) >= 11 is 1.18. The number of carbonyl (C=O) groups is 1. The van der Waals surface area contributed by atoms with Crippen molar-refractivity contribution in [2.24, 2.45) is 0 Å². The lowest BCUT2D eigenvalue weighted by molar-refractivity contribution is 0.104. The van der Waals surface area contributed by atoms with Crippen LogP contribution in [0.5, 0.6) is 5.75 Å². The summed E-state index contributed by atoms with van der Waals surface area (Å²) < 4.78 is 35.0. The number of hydrogen-bond donors (Lipinski definition) is 0. The average molecular weight is 578 g/mol. The maximum Gasteiger partial charge on any atom is 0.280 e. The third-order valence-corrected chi connectivity index (χ3v) is 7.58. The van der Waals surface area contributed by atoms with Crippen LogP contribution in [0.15, 0.2) is 114 Å². The van der Waals surface area contributed by atoms with Crippen LogP contribution < -0.4 is 4.74 Å². The summed E-state index contributed by atoms with van der Waals surface area (Å²) in [6.45, 7) is 0. The largest absolute Gasteiger partial charge is 0.496 e. The van der Waals surface area contributed by atoms with Crippen molar-refractivity contribution in [2.75, 3.05) is 7.11 Å². The Balaban J connectivity index is 1.39. The van der Waals surface area contributed by atoms with Gasteiger partial charge in [0.2, 0.25) is 0 Å². The van der Waals surface area contributed by atoms with Gasteiger partial charge >= 0.3 is 0 Å². The fraction of sp³-hybridized carbons (Fsp3) is 0.0882. The van der Waals surface area contributed by atoms with Crippen molar-refractivity contribution >= 4 is 23.6 Å². The standard InChI is InChI=1S/C34H25F2N3O2S/c1-41-32-15-13-23(12-14-31(40)25-10-7-11-27(19-25)39-16-5-6-17-39)18-26(32)22-42-34-29(21-37)28(20-30(38-34)33(35)36)24-8-3-2-4-9-24/h2-20,33H,22H2,1H3/b14-12+. The van der Waals surface area contributed by atoms with Gasteiger partial charge in [-0.25, -0.2) is 13.8 Å². The SMILES string of the molecule is COc1ccc(/C=C/C(=O)c2cccc(-n3cccc3)c2)cc1CSc1nc(C(F)F)cc(-c2ccccc2)c1C#N. The molecule has 5 nitrogen and oxygen atoms in total. The average Bonchev–Trinajstić information content (AvgIpc) is 3.58. The van der Waals surface area contributed by atoms with Crippen molar-refractivity contribution in [3.05, 3.63) is 137 Å². The second-order valence-electron chi connectivity index (χ2n) is 9.25. The second-order valence-corrected chi connectivity index (χ2v) is 10.2. The number of thioether (sulfide) groups is 1. The molecule has 5 aromatic rings. The molecule has 42 heavy (non-hydrogen) atoms. The van der Waals surface area contributed by atoms with Crippen molar-refractivity contribution in [1.82, 2.24) is 9.55 Å². The van der Waals surface area contributed by atoms with Gasteiger partial charge in [-0.3, -0.25) is 4.79 Å². The number of rotatable bonds is 10. The number of pyridine rings is 1. The van der Waals surface area contributed by atoms with Crippen LogP contribution in [-0.4, -0.2) is 22.4 Å². The lowest BCUT2D eigenvalue weighted by Crippen LogP contribution is -2.00. The molecular weight excluding hydrogens is 552 g/mol. The third kappa shape index (κ3) is 6.48. The highest BCUT2D eigenvalue weighted by Gasteiger charge is 2.20. The molecule has 0 saturated heterocycles. The molecule has 2 aromatic heterocycles. The molecule has 0 bridgehead atoms. The summed E-state index contributed by atoms with van der Waals surface area (Å²) in [6, 6.07) is 29.1. The lowest BCUT2D eigenvalue weighted by Gasteiger charge is -2.13. The fourth-order valence-electron chi connectivity index (χ4n) is 4.47. The van der Waals surface area contributed by atoms with E-state index in [9.17, 15) is 18.8 Å². The van der Waals surface area contributed by atoms with E-state index < -0.39 is 12.1 Å². The molecule has 0 aliphatic rings. The number of allylic oxidation sites excluding steroid dienone is 1. The number of benzene rings is 3. The minimum absolute atomic E-state index is 0.143. The monoisotopic (exact) mass is 577 g/mol. The highest BCUT2D eigenvalue weighted by Crippen LogP contribution is 2.36. The van der Waals surface area contributed by atoms with E-state index in [1.165, 1.54) is 23.9 Å². The Morgan fingerprint density at radius 1 is 1.02 bits per heavy atom. The smallest absolute Gasteiger partial charge is 0.280 e. The zero-order valence-electron chi connectivity index (χ0n) is 22.6.